The molecular weight excluding hydrogens is 570 g/mol. The van der Waals surface area contributed by atoms with Gasteiger partial charge in [0, 0.05) is 11.3 Å². The average Bonchev–Trinajstić information content (AvgIpc) is 3.58. The van der Waals surface area contributed by atoms with Crippen LogP contribution in [0.2, 0.25) is 0 Å². The van der Waals surface area contributed by atoms with Gasteiger partial charge in [-0.2, -0.15) is 0 Å². The molecule has 42 heavy (non-hydrogen) atoms. The predicted molar refractivity (Wildman–Crippen MR) is 165 cm³/mol. The highest BCUT2D eigenvalue weighted by Crippen LogP contribution is 2.44. The van der Waals surface area contributed by atoms with Crippen molar-refractivity contribution in [3.63, 3.8) is 0 Å². The summed E-state index contributed by atoms with van der Waals surface area (Å²) >= 11 is 2.71. The molecule has 0 bridgehead atoms. The Morgan fingerprint density at radius 1 is 1.00 bits per heavy atom. The average molecular weight is 596 g/mol. The van der Waals surface area contributed by atoms with E-state index in [0.29, 0.717) is 21.2 Å². The number of carbonyl (C=O) groups is 2. The Balaban J connectivity index is 1.38. The molecule has 1 saturated heterocycles. The van der Waals surface area contributed by atoms with Gasteiger partial charge in [-0.1, -0.05) is 109 Å². The van der Waals surface area contributed by atoms with Crippen molar-refractivity contribution in [3.05, 3.63) is 124 Å². The van der Waals surface area contributed by atoms with Crippen molar-refractivity contribution in [1.29, 1.82) is 0 Å². The van der Waals surface area contributed by atoms with Gasteiger partial charge in [-0.15, -0.1) is 10.2 Å². The van der Waals surface area contributed by atoms with E-state index in [-0.39, 0.29) is 16.3 Å². The Kier molecular flexibility index (Phi) is 7.62. The van der Waals surface area contributed by atoms with Crippen LogP contribution in [0.5, 0.6) is 0 Å². The van der Waals surface area contributed by atoms with Crippen molar-refractivity contribution in [3.8, 4) is 0 Å². The molecule has 1 aliphatic rings. The first-order valence-electron chi connectivity index (χ1n) is 13.4. The van der Waals surface area contributed by atoms with E-state index in [0.717, 1.165) is 28.3 Å². The molecule has 6 nitrogen and oxygen atoms in total. The number of anilines is 1. The highest BCUT2D eigenvalue weighted by molar-refractivity contribution is 8.00. The van der Waals surface area contributed by atoms with E-state index in [9.17, 15) is 19.1 Å². The van der Waals surface area contributed by atoms with Crippen molar-refractivity contribution in [2.45, 2.75) is 36.4 Å². The minimum atomic E-state index is -0.955. The minimum absolute atomic E-state index is 0.118. The lowest BCUT2D eigenvalue weighted by Crippen LogP contribution is -2.29. The SMILES string of the molecule is CCc1ccc([C@H]2C(=C(O)c3ccc(C)c(F)c3)C(=O)C(=O)N2c2nnc(SCc3cccc4ccccc34)s2)cc1. The summed E-state index contributed by atoms with van der Waals surface area (Å²) in [6.45, 7) is 3.64. The summed E-state index contributed by atoms with van der Waals surface area (Å²) in [4.78, 5) is 28.2. The molecule has 4 aromatic carbocycles. The van der Waals surface area contributed by atoms with Gasteiger partial charge in [-0.05, 0) is 52.4 Å². The molecule has 9 heteroatoms. The molecule has 0 aliphatic carbocycles. The van der Waals surface area contributed by atoms with Gasteiger partial charge in [0.1, 0.15) is 11.6 Å². The van der Waals surface area contributed by atoms with E-state index in [1.54, 1.807) is 6.92 Å². The first-order chi connectivity index (χ1) is 20.4. The number of carbonyl (C=O) groups excluding carboxylic acids is 2. The zero-order valence-corrected chi connectivity index (χ0v) is 24.5. The third-order valence-electron chi connectivity index (χ3n) is 7.43. The molecule has 0 spiro atoms. The third kappa shape index (κ3) is 5.10. The van der Waals surface area contributed by atoms with Crippen molar-refractivity contribution in [2.24, 2.45) is 0 Å². The van der Waals surface area contributed by atoms with Gasteiger partial charge in [-0.3, -0.25) is 14.5 Å². The fraction of sp³-hybridized carbons (Fsp3) is 0.152. The summed E-state index contributed by atoms with van der Waals surface area (Å²) < 4.78 is 15.1. The van der Waals surface area contributed by atoms with Crippen LogP contribution in [-0.2, 0) is 21.8 Å². The summed E-state index contributed by atoms with van der Waals surface area (Å²) in [5.74, 6) is -1.99. The van der Waals surface area contributed by atoms with Crippen LogP contribution in [0.25, 0.3) is 16.5 Å². The Labute approximate surface area is 250 Å². The fourth-order valence-electron chi connectivity index (χ4n) is 5.09. The molecule has 2 heterocycles. The second-order valence-electron chi connectivity index (χ2n) is 10.0. The van der Waals surface area contributed by atoms with Gasteiger partial charge in [0.05, 0.1) is 11.6 Å². The number of benzene rings is 4. The van der Waals surface area contributed by atoms with E-state index in [1.807, 2.05) is 49.4 Å². The number of halogens is 1. The van der Waals surface area contributed by atoms with E-state index in [1.165, 1.54) is 46.2 Å². The molecule has 1 N–H and O–H groups in total. The summed E-state index contributed by atoms with van der Waals surface area (Å²) in [6.07, 6.45) is 0.816. The Morgan fingerprint density at radius 2 is 1.76 bits per heavy atom. The molecule has 0 radical (unpaired) electrons. The number of thioether (sulfide) groups is 1. The molecule has 1 aliphatic heterocycles. The van der Waals surface area contributed by atoms with Crippen LogP contribution in [0.1, 0.15) is 40.8 Å². The van der Waals surface area contributed by atoms with Crippen molar-refractivity contribution in [1.82, 2.24) is 10.2 Å². The Morgan fingerprint density at radius 3 is 2.52 bits per heavy atom. The zero-order valence-electron chi connectivity index (χ0n) is 22.9. The lowest BCUT2D eigenvalue weighted by Gasteiger charge is -2.22. The molecule has 210 valence electrons. The molecule has 1 fully saturated rings. The minimum Gasteiger partial charge on any atom is -0.507 e. The summed E-state index contributed by atoms with van der Waals surface area (Å²) in [6, 6.07) is 25.1. The number of rotatable bonds is 7. The third-order valence-corrected chi connectivity index (χ3v) is 9.53. The second-order valence-corrected chi connectivity index (χ2v) is 12.2. The van der Waals surface area contributed by atoms with Crippen molar-refractivity contribution >= 4 is 56.5 Å². The predicted octanol–water partition coefficient (Wildman–Crippen LogP) is 7.62. The lowest BCUT2D eigenvalue weighted by atomic mass is 9.94. The number of ketones is 1. The molecule has 6 rings (SSSR count). The van der Waals surface area contributed by atoms with Gasteiger partial charge < -0.3 is 5.11 Å². The number of amides is 1. The molecule has 0 saturated carbocycles. The van der Waals surface area contributed by atoms with E-state index >= 15 is 0 Å². The number of aryl methyl sites for hydroxylation is 2. The van der Waals surface area contributed by atoms with Crippen LogP contribution in [0, 0.1) is 12.7 Å². The summed E-state index contributed by atoms with van der Waals surface area (Å²) in [5, 5.41) is 22.5. The van der Waals surface area contributed by atoms with E-state index in [2.05, 4.69) is 34.5 Å². The summed E-state index contributed by atoms with van der Waals surface area (Å²) in [5.41, 5.74) is 3.26. The van der Waals surface area contributed by atoms with Crippen LogP contribution in [-0.4, -0.2) is 27.0 Å². The van der Waals surface area contributed by atoms with Crippen LogP contribution in [0.3, 0.4) is 0 Å². The second kappa shape index (κ2) is 11.5. The Hall–Kier alpha value is -4.34. The maximum absolute atomic E-state index is 14.4. The number of Topliss-reactive ketones (excluding diaryl/α,β-unsaturated/α-hetero) is 1. The normalized spacial score (nSPS) is 16.5. The van der Waals surface area contributed by atoms with Crippen molar-refractivity contribution < 1.29 is 19.1 Å². The monoisotopic (exact) mass is 595 g/mol. The number of aromatic nitrogens is 2. The molecular formula is C33H26FN3O3S2. The summed E-state index contributed by atoms with van der Waals surface area (Å²) in [7, 11) is 0. The standard InChI is InChI=1S/C33H26FN3O3S2/c1-3-20-12-15-22(16-13-20)28-27(29(38)23-14-11-19(2)26(34)17-23)30(39)31(40)37(28)32-35-36-33(42-32)41-18-24-9-6-8-21-7-4-5-10-25(21)24/h4-17,28,38H,3,18H2,1-2H3/t28-/m0/s1. The quantitative estimate of drug-likeness (QED) is 0.0685. The number of nitrogens with zero attached hydrogens (tertiary/aromatic N) is 3. The number of fused-ring (bicyclic) bond motifs is 1. The highest BCUT2D eigenvalue weighted by Gasteiger charge is 2.48. The van der Waals surface area contributed by atoms with E-state index in [4.69, 9.17) is 0 Å². The maximum Gasteiger partial charge on any atom is 0.301 e. The molecule has 0 unspecified atom stereocenters. The van der Waals surface area contributed by atoms with Crippen LogP contribution >= 0.6 is 23.1 Å². The van der Waals surface area contributed by atoms with Crippen molar-refractivity contribution in [2.75, 3.05) is 4.90 Å². The first-order valence-corrected chi connectivity index (χ1v) is 15.2. The van der Waals surface area contributed by atoms with Gasteiger partial charge in [0.2, 0.25) is 5.13 Å². The van der Waals surface area contributed by atoms with Crippen LogP contribution < -0.4 is 4.90 Å². The van der Waals surface area contributed by atoms with Gasteiger partial charge in [-0.25, -0.2) is 4.39 Å². The highest BCUT2D eigenvalue weighted by atomic mass is 32.2. The lowest BCUT2D eigenvalue weighted by molar-refractivity contribution is -0.132. The number of aliphatic hydroxyl groups is 1. The van der Waals surface area contributed by atoms with Gasteiger partial charge in [0.15, 0.2) is 4.34 Å². The maximum atomic E-state index is 14.4. The topological polar surface area (TPSA) is 83.4 Å². The van der Waals surface area contributed by atoms with Gasteiger partial charge >= 0.3 is 5.91 Å². The molecule has 1 atom stereocenters. The number of hydrogen-bond acceptors (Lipinski definition) is 7. The molecule has 1 amide bonds. The smallest absolute Gasteiger partial charge is 0.301 e. The van der Waals surface area contributed by atoms with Crippen LogP contribution in [0.15, 0.2) is 94.8 Å². The van der Waals surface area contributed by atoms with E-state index < -0.39 is 29.3 Å². The molecule has 5 aromatic rings. The Bertz CT molecular complexity index is 1860. The van der Waals surface area contributed by atoms with Crippen LogP contribution in [0.4, 0.5) is 9.52 Å². The van der Waals surface area contributed by atoms with Gasteiger partial charge in [0.25, 0.3) is 5.78 Å². The largest absolute Gasteiger partial charge is 0.507 e. The number of aliphatic hydroxyl groups excluding tert-OH is 1. The number of hydrogen-bond donors (Lipinski definition) is 1. The molecule has 1 aromatic heterocycles. The first kappa shape index (κ1) is 27.8. The fourth-order valence-corrected chi connectivity index (χ4v) is 6.96. The zero-order chi connectivity index (χ0) is 29.4.